The molecule has 7 heteroatoms. The summed E-state index contributed by atoms with van der Waals surface area (Å²) in [4.78, 5) is 30.8. The Hall–Kier alpha value is -3.19. The van der Waals surface area contributed by atoms with E-state index in [1.165, 1.54) is 17.0 Å². The van der Waals surface area contributed by atoms with Crippen LogP contribution in [0.1, 0.15) is 20.7 Å². The number of nitrogens with zero attached hydrogens (tertiary/aromatic N) is 3. The van der Waals surface area contributed by atoms with Crippen molar-refractivity contribution in [3.05, 3.63) is 59.9 Å². The molecule has 3 heterocycles. The second kappa shape index (κ2) is 6.61. The molecule has 0 bridgehead atoms. The zero-order chi connectivity index (χ0) is 18.1. The number of pyridine rings is 1. The molecular weight excluding hydrogens is 334 g/mol. The lowest BCUT2D eigenvalue weighted by molar-refractivity contribution is 0.0699. The van der Waals surface area contributed by atoms with Gasteiger partial charge in [0.1, 0.15) is 5.82 Å². The van der Waals surface area contributed by atoms with E-state index >= 15 is 0 Å². The number of rotatable bonds is 3. The molecule has 2 aromatic heterocycles. The molecule has 0 spiro atoms. The third-order valence-corrected chi connectivity index (χ3v) is 4.49. The summed E-state index contributed by atoms with van der Waals surface area (Å²) in [7, 11) is 0. The first kappa shape index (κ1) is 16.3. The van der Waals surface area contributed by atoms with Crippen LogP contribution in [0.25, 0.3) is 10.9 Å². The number of hydrogen-bond acceptors (Lipinski definition) is 5. The van der Waals surface area contributed by atoms with Gasteiger partial charge in [-0.2, -0.15) is 0 Å². The predicted molar refractivity (Wildman–Crippen MR) is 95.9 cm³/mol. The molecule has 1 N–H and O–H groups in total. The Bertz CT molecular complexity index is 972. The van der Waals surface area contributed by atoms with E-state index in [1.807, 2.05) is 6.07 Å². The zero-order valence-electron chi connectivity index (χ0n) is 14.0. The van der Waals surface area contributed by atoms with Crippen LogP contribution in [0.15, 0.2) is 48.8 Å². The summed E-state index contributed by atoms with van der Waals surface area (Å²) in [5.74, 6) is -0.572. The van der Waals surface area contributed by atoms with Crippen molar-refractivity contribution in [3.63, 3.8) is 0 Å². The van der Waals surface area contributed by atoms with E-state index in [1.54, 1.807) is 30.3 Å². The molecule has 0 amide bonds. The van der Waals surface area contributed by atoms with Crippen molar-refractivity contribution in [2.45, 2.75) is 0 Å². The number of morpholine rings is 1. The lowest BCUT2D eigenvalue weighted by atomic mass is 10.2. The minimum atomic E-state index is -1.06. The third-order valence-electron chi connectivity index (χ3n) is 4.49. The van der Waals surface area contributed by atoms with Crippen LogP contribution in [-0.2, 0) is 4.74 Å². The van der Waals surface area contributed by atoms with E-state index in [-0.39, 0.29) is 11.5 Å². The van der Waals surface area contributed by atoms with E-state index < -0.39 is 5.97 Å². The quantitative estimate of drug-likeness (QED) is 0.779. The summed E-state index contributed by atoms with van der Waals surface area (Å²) in [5, 5.41) is 9.91. The largest absolute Gasteiger partial charge is 0.478 e. The van der Waals surface area contributed by atoms with Gasteiger partial charge < -0.3 is 14.7 Å². The molecule has 0 radical (unpaired) electrons. The maximum atomic E-state index is 12.9. The van der Waals surface area contributed by atoms with E-state index in [0.717, 1.165) is 18.9 Å². The van der Waals surface area contributed by atoms with Gasteiger partial charge >= 0.3 is 5.97 Å². The van der Waals surface area contributed by atoms with Gasteiger partial charge in [-0.1, -0.05) is 18.2 Å². The highest BCUT2D eigenvalue weighted by Gasteiger charge is 2.19. The van der Waals surface area contributed by atoms with Crippen LogP contribution in [0.2, 0.25) is 0 Å². The fourth-order valence-electron chi connectivity index (χ4n) is 3.15. The van der Waals surface area contributed by atoms with E-state index in [9.17, 15) is 14.7 Å². The average molecular weight is 351 g/mol. The van der Waals surface area contributed by atoms with Gasteiger partial charge in [-0.15, -0.1) is 0 Å². The van der Waals surface area contributed by atoms with Gasteiger partial charge in [0.15, 0.2) is 0 Å². The fraction of sp³-hybridized carbons (Fsp3) is 0.211. The molecular formula is C19H17N3O4. The number of hydrogen-bond donors (Lipinski definition) is 1. The number of fused-ring (bicyclic) bond motifs is 1. The average Bonchev–Trinajstić information content (AvgIpc) is 3.08. The first-order valence-electron chi connectivity index (χ1n) is 8.32. The van der Waals surface area contributed by atoms with Gasteiger partial charge in [0.25, 0.3) is 5.91 Å². The number of carboxylic acid groups (broad SMARTS) is 1. The van der Waals surface area contributed by atoms with E-state index in [0.29, 0.717) is 29.7 Å². The number of carboxylic acids is 1. The number of aromatic carboxylic acids is 1. The molecule has 1 aliphatic heterocycles. The summed E-state index contributed by atoms with van der Waals surface area (Å²) in [6.45, 7) is 2.86. The molecule has 1 saturated heterocycles. The molecule has 0 aliphatic carbocycles. The second-order valence-corrected chi connectivity index (χ2v) is 6.04. The van der Waals surface area contributed by atoms with Crippen molar-refractivity contribution >= 4 is 28.6 Å². The summed E-state index contributed by atoms with van der Waals surface area (Å²) < 4.78 is 6.69. The van der Waals surface area contributed by atoms with Gasteiger partial charge in [-0.25, -0.2) is 9.78 Å². The predicted octanol–water partition coefficient (Wildman–Crippen LogP) is 2.26. The molecule has 3 aromatic rings. The van der Waals surface area contributed by atoms with Gasteiger partial charge in [0, 0.05) is 30.9 Å². The molecule has 26 heavy (non-hydrogen) atoms. The van der Waals surface area contributed by atoms with Crippen LogP contribution in [-0.4, -0.2) is 52.8 Å². The highest BCUT2D eigenvalue weighted by molar-refractivity contribution is 6.09. The van der Waals surface area contributed by atoms with Crippen LogP contribution in [0, 0.1) is 0 Å². The van der Waals surface area contributed by atoms with Crippen LogP contribution >= 0.6 is 0 Å². The number of carbonyl (C=O) groups excluding carboxylic acids is 1. The van der Waals surface area contributed by atoms with Crippen LogP contribution in [0.4, 0.5) is 5.82 Å². The van der Waals surface area contributed by atoms with Gasteiger partial charge in [0.2, 0.25) is 0 Å². The number of ether oxygens (including phenoxy) is 1. The molecule has 0 saturated carbocycles. The molecule has 132 valence electrons. The van der Waals surface area contributed by atoms with Crippen molar-refractivity contribution in [1.29, 1.82) is 0 Å². The van der Waals surface area contributed by atoms with E-state index in [4.69, 9.17) is 4.74 Å². The summed E-state index contributed by atoms with van der Waals surface area (Å²) in [6.07, 6.45) is 2.90. The zero-order valence-corrected chi connectivity index (χ0v) is 14.0. The molecule has 1 fully saturated rings. The molecule has 7 nitrogen and oxygen atoms in total. The number of anilines is 1. The molecule has 4 rings (SSSR count). The highest BCUT2D eigenvalue weighted by Crippen LogP contribution is 2.23. The van der Waals surface area contributed by atoms with Gasteiger partial charge in [0.05, 0.1) is 29.9 Å². The smallest absolute Gasteiger partial charge is 0.337 e. The maximum absolute atomic E-state index is 12.9. The van der Waals surface area contributed by atoms with Crippen molar-refractivity contribution in [2.75, 3.05) is 31.2 Å². The normalized spacial score (nSPS) is 14.5. The summed E-state index contributed by atoms with van der Waals surface area (Å²) in [6, 6.07) is 10.5. The Kier molecular flexibility index (Phi) is 4.14. The first-order chi connectivity index (χ1) is 12.6. The summed E-state index contributed by atoms with van der Waals surface area (Å²) in [5.41, 5.74) is 1.07. The number of para-hydroxylation sites is 1. The number of carbonyl (C=O) groups is 2. The maximum Gasteiger partial charge on any atom is 0.337 e. The molecule has 1 aliphatic rings. The van der Waals surface area contributed by atoms with Crippen LogP contribution in [0.5, 0.6) is 0 Å². The second-order valence-electron chi connectivity index (χ2n) is 6.04. The Labute approximate surface area is 149 Å². The fourth-order valence-corrected chi connectivity index (χ4v) is 3.15. The molecule has 0 atom stereocenters. The van der Waals surface area contributed by atoms with Crippen molar-refractivity contribution < 1.29 is 19.4 Å². The SMILES string of the molecule is O=C(O)c1cn(C(=O)c2ccc(N3CCOCC3)nc2)c2ccccc12. The van der Waals surface area contributed by atoms with E-state index in [2.05, 4.69) is 9.88 Å². The van der Waals surface area contributed by atoms with Crippen molar-refractivity contribution in [3.8, 4) is 0 Å². The first-order valence-corrected chi connectivity index (χ1v) is 8.32. The van der Waals surface area contributed by atoms with Crippen molar-refractivity contribution in [1.82, 2.24) is 9.55 Å². The Morgan fingerprint density at radius 3 is 2.54 bits per heavy atom. The summed E-state index contributed by atoms with van der Waals surface area (Å²) >= 11 is 0. The Morgan fingerprint density at radius 2 is 1.85 bits per heavy atom. The number of aromatic nitrogens is 2. The topological polar surface area (TPSA) is 84.7 Å². The molecule has 0 unspecified atom stereocenters. The van der Waals surface area contributed by atoms with Gasteiger partial charge in [-0.3, -0.25) is 9.36 Å². The Balaban J connectivity index is 1.67. The standard InChI is InChI=1S/C19H17N3O4/c23-18(13-5-6-17(20-11-13)21-7-9-26-10-8-21)22-12-15(19(24)25)14-3-1-2-4-16(14)22/h1-6,11-12H,7-10H2,(H,24,25). The highest BCUT2D eigenvalue weighted by atomic mass is 16.5. The lowest BCUT2D eigenvalue weighted by Gasteiger charge is -2.27. The van der Waals surface area contributed by atoms with Crippen LogP contribution in [0.3, 0.4) is 0 Å². The van der Waals surface area contributed by atoms with Crippen LogP contribution < -0.4 is 4.90 Å². The third kappa shape index (κ3) is 2.82. The van der Waals surface area contributed by atoms with Gasteiger partial charge in [-0.05, 0) is 18.2 Å². The lowest BCUT2D eigenvalue weighted by Crippen LogP contribution is -2.36. The minimum Gasteiger partial charge on any atom is -0.478 e. The Morgan fingerprint density at radius 1 is 1.08 bits per heavy atom. The number of benzene rings is 1. The minimum absolute atomic E-state index is 0.104. The van der Waals surface area contributed by atoms with Crippen molar-refractivity contribution in [2.24, 2.45) is 0 Å². The monoisotopic (exact) mass is 351 g/mol. The molecule has 1 aromatic carbocycles.